The molecular weight excluding hydrogens is 262 g/mol. The largest absolute Gasteiger partial charge is 0.378 e. The lowest BCUT2D eigenvalue weighted by Crippen LogP contribution is -2.61. The molecule has 4 heteroatoms. The summed E-state index contributed by atoms with van der Waals surface area (Å²) in [4.78, 5) is 7.33. The van der Waals surface area contributed by atoms with E-state index >= 15 is 0 Å². The first-order valence-corrected chi connectivity index (χ1v) is 8.03. The first-order chi connectivity index (χ1) is 10.3. The highest BCUT2D eigenvalue weighted by atomic mass is 16.5. The van der Waals surface area contributed by atoms with Gasteiger partial charge in [0.25, 0.3) is 0 Å². The van der Waals surface area contributed by atoms with E-state index in [1.165, 1.54) is 24.8 Å². The summed E-state index contributed by atoms with van der Waals surface area (Å²) < 4.78 is 8.09. The van der Waals surface area contributed by atoms with Gasteiger partial charge < -0.3 is 9.30 Å². The number of imidazole rings is 1. The molecule has 0 unspecified atom stereocenters. The Morgan fingerprint density at radius 2 is 2.10 bits per heavy atom. The third-order valence-corrected chi connectivity index (χ3v) is 5.27. The molecule has 2 aliphatic rings. The lowest BCUT2D eigenvalue weighted by molar-refractivity contribution is -0.107. The Labute approximate surface area is 125 Å². The summed E-state index contributed by atoms with van der Waals surface area (Å²) in [6.45, 7) is 7.12. The van der Waals surface area contributed by atoms with Gasteiger partial charge in [0.2, 0.25) is 0 Å². The molecule has 1 saturated carbocycles. The van der Waals surface area contributed by atoms with E-state index in [4.69, 9.17) is 4.74 Å². The van der Waals surface area contributed by atoms with Crippen molar-refractivity contribution in [1.82, 2.24) is 14.5 Å². The fourth-order valence-corrected chi connectivity index (χ4v) is 3.86. The molecule has 4 nitrogen and oxygen atoms in total. The summed E-state index contributed by atoms with van der Waals surface area (Å²) in [6, 6.07) is 8.43. The van der Waals surface area contributed by atoms with Gasteiger partial charge in [-0.1, -0.05) is 12.1 Å². The summed E-state index contributed by atoms with van der Waals surface area (Å²) in [5.74, 6) is 1.12. The van der Waals surface area contributed by atoms with E-state index in [1.54, 1.807) is 0 Å². The number of ether oxygens (including phenoxy) is 1. The Morgan fingerprint density at radius 1 is 1.24 bits per heavy atom. The molecule has 2 aromatic rings. The molecule has 2 heterocycles. The Balaban J connectivity index is 1.54. The number of hydrogen-bond acceptors (Lipinski definition) is 3. The van der Waals surface area contributed by atoms with Crippen LogP contribution < -0.4 is 0 Å². The van der Waals surface area contributed by atoms with Crippen LogP contribution in [0, 0.1) is 6.92 Å². The SMILES string of the molecule is Cc1nc2ccccc2n1CCN1CCOCC12CCC2. The first kappa shape index (κ1) is 13.3. The fraction of sp³-hybridized carbons (Fsp3) is 0.588. The van der Waals surface area contributed by atoms with Crippen molar-refractivity contribution in [2.75, 3.05) is 26.3 Å². The number of benzene rings is 1. The highest BCUT2D eigenvalue weighted by molar-refractivity contribution is 5.75. The van der Waals surface area contributed by atoms with E-state index < -0.39 is 0 Å². The zero-order valence-corrected chi connectivity index (χ0v) is 12.7. The van der Waals surface area contributed by atoms with Gasteiger partial charge in [0, 0.05) is 25.2 Å². The van der Waals surface area contributed by atoms with Gasteiger partial charge in [-0.15, -0.1) is 0 Å². The molecule has 0 amide bonds. The summed E-state index contributed by atoms with van der Waals surface area (Å²) >= 11 is 0. The predicted molar refractivity (Wildman–Crippen MR) is 83.4 cm³/mol. The molecule has 1 spiro atoms. The molecule has 1 aromatic carbocycles. The summed E-state index contributed by atoms with van der Waals surface area (Å²) in [6.07, 6.45) is 3.96. The number of nitrogens with zero attached hydrogens (tertiary/aromatic N) is 3. The zero-order chi connectivity index (χ0) is 14.3. The van der Waals surface area contributed by atoms with Gasteiger partial charge in [0.05, 0.1) is 24.2 Å². The van der Waals surface area contributed by atoms with Gasteiger partial charge in [0.1, 0.15) is 5.82 Å². The van der Waals surface area contributed by atoms with E-state index in [0.717, 1.165) is 44.2 Å². The number of rotatable bonds is 3. The standard InChI is InChI=1S/C17H23N3O/c1-14-18-15-5-2-3-6-16(15)20(14)10-9-19-11-12-21-13-17(19)7-4-8-17/h2-3,5-6H,4,7-13H2,1H3. The van der Waals surface area contributed by atoms with Crippen molar-refractivity contribution in [3.63, 3.8) is 0 Å². The first-order valence-electron chi connectivity index (χ1n) is 8.03. The highest BCUT2D eigenvalue weighted by Gasteiger charge is 2.44. The van der Waals surface area contributed by atoms with Crippen LogP contribution in [-0.2, 0) is 11.3 Å². The zero-order valence-electron chi connectivity index (χ0n) is 12.7. The van der Waals surface area contributed by atoms with Crippen LogP contribution in [0.3, 0.4) is 0 Å². The number of aromatic nitrogens is 2. The van der Waals surface area contributed by atoms with Crippen molar-refractivity contribution in [2.45, 2.75) is 38.3 Å². The minimum atomic E-state index is 0.350. The molecule has 1 aliphatic heterocycles. The molecule has 0 bridgehead atoms. The molecule has 0 radical (unpaired) electrons. The van der Waals surface area contributed by atoms with Crippen LogP contribution in [-0.4, -0.2) is 46.3 Å². The minimum Gasteiger partial charge on any atom is -0.378 e. The predicted octanol–water partition coefficient (Wildman–Crippen LogP) is 2.60. The van der Waals surface area contributed by atoms with E-state index in [0.29, 0.717) is 5.54 Å². The van der Waals surface area contributed by atoms with Gasteiger partial charge in [-0.25, -0.2) is 4.98 Å². The second-order valence-corrected chi connectivity index (χ2v) is 6.42. The second-order valence-electron chi connectivity index (χ2n) is 6.42. The third-order valence-electron chi connectivity index (χ3n) is 5.27. The molecule has 0 N–H and O–H groups in total. The number of morpholine rings is 1. The monoisotopic (exact) mass is 285 g/mol. The topological polar surface area (TPSA) is 30.3 Å². The van der Waals surface area contributed by atoms with E-state index in [-0.39, 0.29) is 0 Å². The molecule has 21 heavy (non-hydrogen) atoms. The van der Waals surface area contributed by atoms with Crippen LogP contribution in [0.2, 0.25) is 0 Å². The minimum absolute atomic E-state index is 0.350. The lowest BCUT2D eigenvalue weighted by Gasteiger charge is -2.52. The Kier molecular flexibility index (Phi) is 3.23. The second kappa shape index (κ2) is 5.11. The van der Waals surface area contributed by atoms with Gasteiger partial charge in [-0.05, 0) is 38.3 Å². The van der Waals surface area contributed by atoms with Gasteiger partial charge in [0.15, 0.2) is 0 Å². The highest BCUT2D eigenvalue weighted by Crippen LogP contribution is 2.39. The van der Waals surface area contributed by atoms with Crippen LogP contribution in [0.15, 0.2) is 24.3 Å². The van der Waals surface area contributed by atoms with Crippen LogP contribution >= 0.6 is 0 Å². The fourth-order valence-electron chi connectivity index (χ4n) is 3.86. The molecule has 4 rings (SSSR count). The molecule has 1 aromatic heterocycles. The van der Waals surface area contributed by atoms with Crippen molar-refractivity contribution in [3.8, 4) is 0 Å². The number of aryl methyl sites for hydroxylation is 1. The number of fused-ring (bicyclic) bond motifs is 1. The third kappa shape index (κ3) is 2.17. The quantitative estimate of drug-likeness (QED) is 0.868. The van der Waals surface area contributed by atoms with Crippen molar-refractivity contribution < 1.29 is 4.74 Å². The van der Waals surface area contributed by atoms with E-state index in [9.17, 15) is 0 Å². The molecule has 112 valence electrons. The Bertz CT molecular complexity index is 645. The van der Waals surface area contributed by atoms with E-state index in [1.807, 2.05) is 0 Å². The van der Waals surface area contributed by atoms with Crippen LogP contribution in [0.4, 0.5) is 0 Å². The maximum atomic E-state index is 5.73. The summed E-state index contributed by atoms with van der Waals surface area (Å²) in [5, 5.41) is 0. The average molecular weight is 285 g/mol. The van der Waals surface area contributed by atoms with Crippen LogP contribution in [0.5, 0.6) is 0 Å². The Morgan fingerprint density at radius 3 is 2.90 bits per heavy atom. The van der Waals surface area contributed by atoms with Crippen molar-refractivity contribution in [2.24, 2.45) is 0 Å². The van der Waals surface area contributed by atoms with Crippen LogP contribution in [0.25, 0.3) is 11.0 Å². The van der Waals surface area contributed by atoms with Crippen molar-refractivity contribution in [3.05, 3.63) is 30.1 Å². The normalized spacial score (nSPS) is 21.8. The molecular formula is C17H23N3O. The number of hydrogen-bond donors (Lipinski definition) is 0. The Hall–Kier alpha value is -1.39. The average Bonchev–Trinajstić information content (AvgIpc) is 2.79. The van der Waals surface area contributed by atoms with Crippen LogP contribution in [0.1, 0.15) is 25.1 Å². The van der Waals surface area contributed by atoms with Crippen molar-refractivity contribution in [1.29, 1.82) is 0 Å². The smallest absolute Gasteiger partial charge is 0.106 e. The molecule has 0 atom stereocenters. The van der Waals surface area contributed by atoms with Gasteiger partial charge >= 0.3 is 0 Å². The van der Waals surface area contributed by atoms with E-state index in [2.05, 4.69) is 45.6 Å². The molecule has 1 aliphatic carbocycles. The lowest BCUT2D eigenvalue weighted by atomic mass is 9.75. The van der Waals surface area contributed by atoms with Gasteiger partial charge in [-0.3, -0.25) is 4.90 Å². The summed E-state index contributed by atoms with van der Waals surface area (Å²) in [5.41, 5.74) is 2.71. The maximum absolute atomic E-state index is 5.73. The van der Waals surface area contributed by atoms with Gasteiger partial charge in [-0.2, -0.15) is 0 Å². The van der Waals surface area contributed by atoms with Crippen molar-refractivity contribution >= 4 is 11.0 Å². The maximum Gasteiger partial charge on any atom is 0.106 e. The number of para-hydroxylation sites is 2. The molecule has 2 fully saturated rings. The summed E-state index contributed by atoms with van der Waals surface area (Å²) in [7, 11) is 0. The molecule has 1 saturated heterocycles.